The first-order chi connectivity index (χ1) is 12.4. The second kappa shape index (κ2) is 8.18. The molecule has 0 aromatic heterocycles. The molecule has 0 saturated carbocycles. The average molecular weight is 367 g/mol. The van der Waals surface area contributed by atoms with E-state index in [0.717, 1.165) is 49.2 Å². The third kappa shape index (κ3) is 4.83. The van der Waals surface area contributed by atoms with Crippen molar-refractivity contribution in [3.63, 3.8) is 0 Å². The quantitative estimate of drug-likeness (QED) is 0.742. The van der Waals surface area contributed by atoms with Crippen molar-refractivity contribution in [2.45, 2.75) is 31.7 Å². The summed E-state index contributed by atoms with van der Waals surface area (Å²) in [6, 6.07) is 11.2. The molecule has 2 aromatic rings. The maximum absolute atomic E-state index is 13.0. The van der Waals surface area contributed by atoms with Crippen LogP contribution in [0.15, 0.2) is 48.5 Å². The van der Waals surface area contributed by atoms with Gasteiger partial charge in [-0.2, -0.15) is 13.2 Å². The molecular weight excluding hydrogens is 346 g/mol. The molecule has 3 rings (SSSR count). The molecule has 0 aliphatic carbocycles. The van der Waals surface area contributed by atoms with Crippen molar-refractivity contribution >= 4 is 0 Å². The maximum atomic E-state index is 13.0. The minimum atomic E-state index is -4.35. The van der Waals surface area contributed by atoms with Crippen molar-refractivity contribution in [1.82, 2.24) is 5.32 Å². The van der Waals surface area contributed by atoms with Gasteiger partial charge in [0.15, 0.2) is 0 Å². The van der Waals surface area contributed by atoms with Gasteiger partial charge in [-0.05, 0) is 54.8 Å². The van der Waals surface area contributed by atoms with Crippen LogP contribution in [0.4, 0.5) is 17.6 Å². The molecule has 1 N–H and O–H groups in total. The maximum Gasteiger partial charge on any atom is 0.416 e. The monoisotopic (exact) mass is 367 g/mol. The van der Waals surface area contributed by atoms with E-state index in [0.29, 0.717) is 0 Å². The summed E-state index contributed by atoms with van der Waals surface area (Å²) < 4.78 is 57.5. The highest BCUT2D eigenvalue weighted by Crippen LogP contribution is 2.34. The predicted octanol–water partition coefficient (Wildman–Crippen LogP) is 5.10. The summed E-state index contributed by atoms with van der Waals surface area (Å²) >= 11 is 0. The molecule has 1 saturated heterocycles. The van der Waals surface area contributed by atoms with E-state index in [9.17, 15) is 17.6 Å². The minimum absolute atomic E-state index is 0.181. The van der Waals surface area contributed by atoms with E-state index < -0.39 is 11.7 Å². The van der Waals surface area contributed by atoms with Crippen molar-refractivity contribution in [2.75, 3.05) is 13.1 Å². The molecule has 140 valence electrons. The third-order valence-corrected chi connectivity index (χ3v) is 4.67. The van der Waals surface area contributed by atoms with E-state index in [1.807, 2.05) is 0 Å². The smallest absolute Gasteiger partial charge is 0.369 e. The lowest BCUT2D eigenvalue weighted by atomic mass is 9.89. The molecule has 1 fully saturated rings. The fraction of sp³-hybridized carbons (Fsp3) is 0.400. The van der Waals surface area contributed by atoms with Crippen molar-refractivity contribution in [3.05, 3.63) is 71.0 Å². The van der Waals surface area contributed by atoms with Gasteiger partial charge in [0.25, 0.3) is 0 Å². The van der Waals surface area contributed by atoms with Crippen LogP contribution in [0.3, 0.4) is 0 Å². The summed E-state index contributed by atoms with van der Waals surface area (Å²) in [6.07, 6.45) is -2.71. The lowest BCUT2D eigenvalue weighted by Gasteiger charge is -2.31. The molecule has 2 atom stereocenters. The second-order valence-corrected chi connectivity index (χ2v) is 6.58. The highest BCUT2D eigenvalue weighted by atomic mass is 19.4. The lowest BCUT2D eigenvalue weighted by molar-refractivity contribution is -0.137. The Kier molecular flexibility index (Phi) is 5.94. The number of nitrogens with one attached hydrogen (secondary N) is 1. The van der Waals surface area contributed by atoms with Gasteiger partial charge in [-0.25, -0.2) is 4.39 Å². The Bertz CT molecular complexity index is 691. The average Bonchev–Trinajstić information content (AvgIpc) is 2.64. The Morgan fingerprint density at radius 3 is 2.31 bits per heavy atom. The van der Waals surface area contributed by atoms with E-state index in [2.05, 4.69) is 5.32 Å². The number of piperidine rings is 1. The van der Waals surface area contributed by atoms with E-state index in [-0.39, 0.29) is 24.4 Å². The fourth-order valence-electron chi connectivity index (χ4n) is 3.27. The van der Waals surface area contributed by atoms with Crippen LogP contribution >= 0.6 is 0 Å². The summed E-state index contributed by atoms with van der Waals surface area (Å²) in [7, 11) is 0. The molecule has 2 nitrogen and oxygen atoms in total. The first kappa shape index (κ1) is 18.9. The largest absolute Gasteiger partial charge is 0.416 e. The Morgan fingerprint density at radius 2 is 1.73 bits per heavy atom. The number of hydrogen-bond donors (Lipinski definition) is 1. The molecule has 0 amide bonds. The summed E-state index contributed by atoms with van der Waals surface area (Å²) in [4.78, 5) is 0. The predicted molar refractivity (Wildman–Crippen MR) is 91.0 cm³/mol. The van der Waals surface area contributed by atoms with Crippen LogP contribution in [-0.4, -0.2) is 13.1 Å². The van der Waals surface area contributed by atoms with Crippen molar-refractivity contribution < 1.29 is 22.3 Å². The molecule has 1 heterocycles. The number of ether oxygens (including phenoxy) is 1. The lowest BCUT2D eigenvalue weighted by Crippen LogP contribution is -2.34. The third-order valence-electron chi connectivity index (χ3n) is 4.67. The molecule has 2 unspecified atom stereocenters. The van der Waals surface area contributed by atoms with Gasteiger partial charge >= 0.3 is 6.18 Å². The van der Waals surface area contributed by atoms with Gasteiger partial charge in [-0.15, -0.1) is 0 Å². The van der Waals surface area contributed by atoms with Gasteiger partial charge in [0.2, 0.25) is 0 Å². The highest BCUT2D eigenvalue weighted by molar-refractivity contribution is 5.27. The SMILES string of the molecule is Fc1ccc(COC(c2ccc(C(F)(F)F)cc2)C2CCCNC2)cc1. The van der Waals surface area contributed by atoms with Crippen LogP contribution < -0.4 is 5.32 Å². The first-order valence-electron chi connectivity index (χ1n) is 8.67. The Morgan fingerprint density at radius 1 is 1.04 bits per heavy atom. The molecule has 6 heteroatoms. The van der Waals surface area contributed by atoms with Crippen molar-refractivity contribution in [3.8, 4) is 0 Å². The zero-order chi connectivity index (χ0) is 18.6. The molecule has 0 radical (unpaired) electrons. The Hall–Kier alpha value is -1.92. The first-order valence-corrected chi connectivity index (χ1v) is 8.67. The normalized spacial score (nSPS) is 19.3. The molecule has 2 aromatic carbocycles. The molecule has 0 bridgehead atoms. The molecule has 1 aliphatic rings. The van der Waals surface area contributed by atoms with Gasteiger partial charge in [-0.1, -0.05) is 24.3 Å². The summed E-state index contributed by atoms with van der Waals surface area (Å²) in [5.41, 5.74) is 0.890. The second-order valence-electron chi connectivity index (χ2n) is 6.58. The van der Waals surface area contributed by atoms with Gasteiger partial charge in [0, 0.05) is 12.5 Å². The molecule has 0 spiro atoms. The number of hydrogen-bond acceptors (Lipinski definition) is 2. The van der Waals surface area contributed by atoms with Gasteiger partial charge in [0.05, 0.1) is 18.3 Å². The fourth-order valence-corrected chi connectivity index (χ4v) is 3.27. The van der Waals surface area contributed by atoms with Crippen LogP contribution in [0.2, 0.25) is 0 Å². The van der Waals surface area contributed by atoms with Gasteiger partial charge in [-0.3, -0.25) is 0 Å². The van der Waals surface area contributed by atoms with Crippen LogP contribution in [0.25, 0.3) is 0 Å². The van der Waals surface area contributed by atoms with Crippen molar-refractivity contribution in [2.24, 2.45) is 5.92 Å². The molecule has 26 heavy (non-hydrogen) atoms. The zero-order valence-electron chi connectivity index (χ0n) is 14.2. The molecule has 1 aliphatic heterocycles. The number of alkyl halides is 3. The summed E-state index contributed by atoms with van der Waals surface area (Å²) in [5, 5.41) is 3.32. The summed E-state index contributed by atoms with van der Waals surface area (Å²) in [6.45, 7) is 1.98. The number of rotatable bonds is 5. The van der Waals surface area contributed by atoms with Crippen LogP contribution in [0.1, 0.15) is 35.6 Å². The topological polar surface area (TPSA) is 21.3 Å². The zero-order valence-corrected chi connectivity index (χ0v) is 14.2. The van der Waals surface area contributed by atoms with E-state index in [1.165, 1.54) is 24.3 Å². The standard InChI is InChI=1S/C20H21F4NO/c21-18-9-3-14(4-10-18)13-26-19(16-2-1-11-25-12-16)15-5-7-17(8-6-15)20(22,23)24/h3-10,16,19,25H,1-2,11-13H2. The van der Waals surface area contributed by atoms with Gasteiger partial charge < -0.3 is 10.1 Å². The Labute approximate surface area is 150 Å². The summed E-state index contributed by atoms with van der Waals surface area (Å²) in [5.74, 6) is -0.134. The van der Waals surface area contributed by atoms with E-state index >= 15 is 0 Å². The number of benzene rings is 2. The highest BCUT2D eigenvalue weighted by Gasteiger charge is 2.31. The van der Waals surface area contributed by atoms with Gasteiger partial charge in [0.1, 0.15) is 5.82 Å². The van der Waals surface area contributed by atoms with Crippen LogP contribution in [-0.2, 0) is 17.5 Å². The Balaban J connectivity index is 1.77. The van der Waals surface area contributed by atoms with Crippen molar-refractivity contribution in [1.29, 1.82) is 0 Å². The number of halogens is 4. The van der Waals surface area contributed by atoms with Crippen LogP contribution in [0, 0.1) is 11.7 Å². The van der Waals surface area contributed by atoms with E-state index in [1.54, 1.807) is 12.1 Å². The molecular formula is C20H21F4NO. The minimum Gasteiger partial charge on any atom is -0.369 e. The van der Waals surface area contributed by atoms with Crippen LogP contribution in [0.5, 0.6) is 0 Å². The van der Waals surface area contributed by atoms with E-state index in [4.69, 9.17) is 4.74 Å².